The summed E-state index contributed by atoms with van der Waals surface area (Å²) in [7, 11) is 0. The number of nitrogens with two attached hydrogens (primary N) is 1. The lowest BCUT2D eigenvalue weighted by atomic mass is 10.0. The fraction of sp³-hybridized carbons (Fsp3) is 0.250. The molecule has 0 bridgehead atoms. The van der Waals surface area contributed by atoms with Crippen LogP contribution >= 0.6 is 0 Å². The van der Waals surface area contributed by atoms with Gasteiger partial charge in [0, 0.05) is 23.5 Å². The molecule has 3 N–H and O–H groups in total. The molecule has 1 aliphatic rings. The topological polar surface area (TPSA) is 74.7 Å². The van der Waals surface area contributed by atoms with E-state index in [2.05, 4.69) is 33.2 Å². The number of aryl methyl sites for hydroxylation is 2. The first-order valence-electron chi connectivity index (χ1n) is 7.01. The summed E-state index contributed by atoms with van der Waals surface area (Å²) in [6.45, 7) is 2.83. The van der Waals surface area contributed by atoms with Crippen LogP contribution in [0.15, 0.2) is 41.6 Å². The lowest BCUT2D eigenvalue weighted by Gasteiger charge is -2.30. The Kier molecular flexibility index (Phi) is 3.48. The number of nitrogens with zero attached hydrogens (tertiary/aromatic N) is 3. The van der Waals surface area contributed by atoms with E-state index in [4.69, 9.17) is 10.9 Å². The molecule has 3 rings (SSSR count). The highest BCUT2D eigenvalue weighted by Crippen LogP contribution is 2.32. The van der Waals surface area contributed by atoms with Gasteiger partial charge in [-0.05, 0) is 43.5 Å². The van der Waals surface area contributed by atoms with Crippen LogP contribution in [-0.2, 0) is 6.42 Å². The number of anilines is 2. The monoisotopic (exact) mass is 282 g/mol. The normalized spacial score (nSPS) is 14.9. The summed E-state index contributed by atoms with van der Waals surface area (Å²) in [5.41, 5.74) is 9.76. The number of benzene rings is 1. The van der Waals surface area contributed by atoms with Gasteiger partial charge in [-0.3, -0.25) is 0 Å². The summed E-state index contributed by atoms with van der Waals surface area (Å²) < 4.78 is 0. The van der Waals surface area contributed by atoms with Crippen LogP contribution in [0.1, 0.15) is 23.2 Å². The summed E-state index contributed by atoms with van der Waals surface area (Å²) in [6, 6.07) is 12.0. The molecule has 0 aliphatic carbocycles. The second-order valence-corrected chi connectivity index (χ2v) is 5.22. The molecule has 2 aromatic rings. The minimum atomic E-state index is 0.104. The van der Waals surface area contributed by atoms with Crippen LogP contribution in [0.2, 0.25) is 0 Å². The lowest BCUT2D eigenvalue weighted by Crippen LogP contribution is -2.26. The average molecular weight is 282 g/mol. The van der Waals surface area contributed by atoms with Gasteiger partial charge in [-0.25, -0.2) is 4.98 Å². The number of pyridine rings is 1. The van der Waals surface area contributed by atoms with E-state index in [0.29, 0.717) is 5.56 Å². The highest BCUT2D eigenvalue weighted by molar-refractivity contribution is 5.97. The Morgan fingerprint density at radius 3 is 2.95 bits per heavy atom. The van der Waals surface area contributed by atoms with Gasteiger partial charge in [0.05, 0.1) is 0 Å². The molecule has 108 valence electrons. The average Bonchev–Trinajstić information content (AvgIpc) is 2.53. The van der Waals surface area contributed by atoms with E-state index in [1.165, 1.54) is 11.3 Å². The second-order valence-electron chi connectivity index (χ2n) is 5.22. The molecule has 0 spiro atoms. The highest BCUT2D eigenvalue weighted by atomic mass is 16.4. The van der Waals surface area contributed by atoms with Crippen molar-refractivity contribution in [3.05, 3.63) is 53.2 Å². The predicted molar refractivity (Wildman–Crippen MR) is 83.3 cm³/mol. The first kappa shape index (κ1) is 13.4. The number of fused-ring (bicyclic) bond motifs is 1. The quantitative estimate of drug-likeness (QED) is 0.384. The van der Waals surface area contributed by atoms with E-state index < -0.39 is 0 Å². The third kappa shape index (κ3) is 2.54. The molecule has 21 heavy (non-hydrogen) atoms. The second kappa shape index (κ2) is 5.44. The Labute approximate surface area is 123 Å². The van der Waals surface area contributed by atoms with Gasteiger partial charge in [-0.1, -0.05) is 23.4 Å². The van der Waals surface area contributed by atoms with Gasteiger partial charge in [0.2, 0.25) is 0 Å². The molecule has 0 saturated heterocycles. The third-order valence-electron chi connectivity index (χ3n) is 3.73. The molecule has 0 atom stereocenters. The van der Waals surface area contributed by atoms with E-state index in [9.17, 15) is 0 Å². The summed E-state index contributed by atoms with van der Waals surface area (Å²) >= 11 is 0. The summed E-state index contributed by atoms with van der Waals surface area (Å²) in [5, 5.41) is 11.9. The number of para-hydroxylation sites is 1. The Bertz CT molecular complexity index is 696. The molecule has 0 saturated carbocycles. The number of amidine groups is 1. The number of aromatic nitrogens is 1. The summed E-state index contributed by atoms with van der Waals surface area (Å²) in [6.07, 6.45) is 2.18. The zero-order chi connectivity index (χ0) is 14.8. The molecule has 0 unspecified atom stereocenters. The maximum Gasteiger partial charge on any atom is 0.170 e. The van der Waals surface area contributed by atoms with Crippen LogP contribution in [0.25, 0.3) is 0 Å². The smallest absolute Gasteiger partial charge is 0.170 e. The maximum absolute atomic E-state index is 8.87. The Morgan fingerprint density at radius 2 is 2.14 bits per heavy atom. The van der Waals surface area contributed by atoms with E-state index in [1.807, 2.05) is 25.1 Å². The van der Waals surface area contributed by atoms with Crippen LogP contribution < -0.4 is 10.6 Å². The molecule has 0 amide bonds. The van der Waals surface area contributed by atoms with Gasteiger partial charge in [-0.2, -0.15) is 0 Å². The molecule has 0 radical (unpaired) electrons. The van der Waals surface area contributed by atoms with E-state index >= 15 is 0 Å². The Morgan fingerprint density at radius 1 is 1.33 bits per heavy atom. The molecule has 5 heteroatoms. The number of hydrogen-bond acceptors (Lipinski definition) is 4. The minimum Gasteiger partial charge on any atom is -0.409 e. The van der Waals surface area contributed by atoms with Crippen molar-refractivity contribution >= 4 is 17.3 Å². The van der Waals surface area contributed by atoms with Gasteiger partial charge in [0.15, 0.2) is 5.84 Å². The summed E-state index contributed by atoms with van der Waals surface area (Å²) in [4.78, 5) is 6.80. The first-order valence-corrected chi connectivity index (χ1v) is 7.01. The number of rotatable bonds is 2. The molecule has 5 nitrogen and oxygen atoms in total. The number of hydrogen-bond donors (Lipinski definition) is 2. The van der Waals surface area contributed by atoms with Crippen molar-refractivity contribution in [3.8, 4) is 0 Å². The fourth-order valence-corrected chi connectivity index (χ4v) is 2.77. The van der Waals surface area contributed by atoms with Crippen molar-refractivity contribution < 1.29 is 5.21 Å². The van der Waals surface area contributed by atoms with Gasteiger partial charge in [0.25, 0.3) is 0 Å². The third-order valence-corrected chi connectivity index (χ3v) is 3.73. The van der Waals surface area contributed by atoms with Crippen LogP contribution in [0.5, 0.6) is 0 Å². The molecule has 1 aromatic carbocycles. The Balaban J connectivity index is 2.08. The van der Waals surface area contributed by atoms with Crippen molar-refractivity contribution in [1.29, 1.82) is 0 Å². The van der Waals surface area contributed by atoms with Crippen LogP contribution in [0, 0.1) is 6.92 Å². The first-order chi connectivity index (χ1) is 10.2. The predicted octanol–water partition coefficient (Wildman–Crippen LogP) is 2.57. The zero-order valence-corrected chi connectivity index (χ0v) is 12.0. The minimum absolute atomic E-state index is 0.104. The standard InChI is InChI=1S/C16H18N4O/c1-11-9-13(16(17)19-21)10-15(18-11)20-8-4-6-12-5-2-3-7-14(12)20/h2-3,5,7,9-10,21H,4,6,8H2,1H3,(H2,17,19). The highest BCUT2D eigenvalue weighted by Gasteiger charge is 2.19. The Hall–Kier alpha value is -2.56. The zero-order valence-electron chi connectivity index (χ0n) is 12.0. The van der Waals surface area contributed by atoms with Gasteiger partial charge in [0.1, 0.15) is 5.82 Å². The molecule has 1 aliphatic heterocycles. The van der Waals surface area contributed by atoms with Crippen LogP contribution in [0.3, 0.4) is 0 Å². The SMILES string of the molecule is Cc1cc(/C(N)=N/O)cc(N2CCCc3ccccc32)n1. The van der Waals surface area contributed by atoms with E-state index in [1.54, 1.807) is 0 Å². The van der Waals surface area contributed by atoms with Crippen LogP contribution in [-0.4, -0.2) is 22.6 Å². The maximum atomic E-state index is 8.87. The molecule has 1 aromatic heterocycles. The van der Waals surface area contributed by atoms with E-state index in [-0.39, 0.29) is 5.84 Å². The van der Waals surface area contributed by atoms with Crippen molar-refractivity contribution in [1.82, 2.24) is 4.98 Å². The fourth-order valence-electron chi connectivity index (χ4n) is 2.77. The van der Waals surface area contributed by atoms with Crippen molar-refractivity contribution in [2.45, 2.75) is 19.8 Å². The number of oxime groups is 1. The summed E-state index contributed by atoms with van der Waals surface area (Å²) in [5.74, 6) is 0.941. The largest absolute Gasteiger partial charge is 0.409 e. The van der Waals surface area contributed by atoms with Crippen molar-refractivity contribution in [2.75, 3.05) is 11.4 Å². The van der Waals surface area contributed by atoms with Gasteiger partial charge < -0.3 is 15.8 Å². The molecular formula is C16H18N4O. The lowest BCUT2D eigenvalue weighted by molar-refractivity contribution is 0.318. The van der Waals surface area contributed by atoms with Gasteiger partial charge in [-0.15, -0.1) is 0 Å². The molecule has 2 heterocycles. The van der Waals surface area contributed by atoms with Gasteiger partial charge >= 0.3 is 0 Å². The van der Waals surface area contributed by atoms with Crippen molar-refractivity contribution in [2.24, 2.45) is 10.9 Å². The molecular weight excluding hydrogens is 264 g/mol. The molecule has 0 fully saturated rings. The van der Waals surface area contributed by atoms with Crippen LogP contribution in [0.4, 0.5) is 11.5 Å². The van der Waals surface area contributed by atoms with Crippen molar-refractivity contribution in [3.63, 3.8) is 0 Å². The van der Waals surface area contributed by atoms with E-state index in [0.717, 1.165) is 30.9 Å².